The summed E-state index contributed by atoms with van der Waals surface area (Å²) in [6.45, 7) is -2.58. The number of nitrogens with zero attached hydrogens (tertiary/aromatic N) is 2. The molecule has 0 aliphatic rings. The Balaban J connectivity index is 3.03. The van der Waals surface area contributed by atoms with Crippen LogP contribution in [-0.4, -0.2) is 36.0 Å². The Morgan fingerprint density at radius 3 is 2.21 bits per heavy atom. The van der Waals surface area contributed by atoms with Crippen molar-refractivity contribution in [1.29, 1.82) is 0 Å². The molecule has 0 unspecified atom stereocenters. The number of aliphatic hydroxyl groups excluding tert-OH is 1. The Morgan fingerprint density at radius 2 is 1.74 bits per heavy atom. The van der Waals surface area contributed by atoms with Gasteiger partial charge in [-0.25, -0.2) is 4.98 Å². The molecule has 0 radical (unpaired) electrons. The molecule has 108 valence electrons. The minimum absolute atomic E-state index is 0.464. The van der Waals surface area contributed by atoms with Crippen molar-refractivity contribution in [3.8, 4) is 0 Å². The molecular formula is C10H10F6N2O. The quantitative estimate of drug-likeness (QED) is 0.865. The molecule has 1 aromatic heterocycles. The van der Waals surface area contributed by atoms with Gasteiger partial charge in [-0.15, -0.1) is 0 Å². The van der Waals surface area contributed by atoms with Gasteiger partial charge in [0.1, 0.15) is 18.1 Å². The Labute approximate surface area is 104 Å². The molecule has 1 heterocycles. The number of rotatable bonds is 4. The number of pyridine rings is 1. The van der Waals surface area contributed by atoms with Crippen LogP contribution < -0.4 is 4.90 Å². The Morgan fingerprint density at radius 1 is 1.11 bits per heavy atom. The largest absolute Gasteiger partial charge is 0.433 e. The SMILES string of the molecule is OCCN(CC(F)(F)F)c1cccc(C(F)(F)F)n1. The second-order valence-corrected chi connectivity index (χ2v) is 3.64. The number of aliphatic hydroxyl groups is 1. The number of aromatic nitrogens is 1. The summed E-state index contributed by atoms with van der Waals surface area (Å²) in [5, 5.41) is 8.66. The van der Waals surface area contributed by atoms with Crippen molar-refractivity contribution in [3.63, 3.8) is 0 Å². The van der Waals surface area contributed by atoms with Gasteiger partial charge >= 0.3 is 12.4 Å². The number of hydrogen-bond donors (Lipinski definition) is 1. The second-order valence-electron chi connectivity index (χ2n) is 3.64. The van der Waals surface area contributed by atoms with Crippen LogP contribution in [0.15, 0.2) is 18.2 Å². The van der Waals surface area contributed by atoms with Gasteiger partial charge in [-0.2, -0.15) is 26.3 Å². The fourth-order valence-corrected chi connectivity index (χ4v) is 1.37. The van der Waals surface area contributed by atoms with Crippen molar-refractivity contribution in [2.75, 3.05) is 24.6 Å². The molecule has 0 spiro atoms. The summed E-state index contributed by atoms with van der Waals surface area (Å²) >= 11 is 0. The topological polar surface area (TPSA) is 36.4 Å². The lowest BCUT2D eigenvalue weighted by Crippen LogP contribution is -2.37. The molecule has 0 atom stereocenters. The van der Waals surface area contributed by atoms with Crippen LogP contribution in [0.2, 0.25) is 0 Å². The van der Waals surface area contributed by atoms with Gasteiger partial charge in [0.05, 0.1) is 6.61 Å². The number of hydrogen-bond acceptors (Lipinski definition) is 3. The van der Waals surface area contributed by atoms with Crippen LogP contribution in [0.1, 0.15) is 5.69 Å². The smallest absolute Gasteiger partial charge is 0.395 e. The van der Waals surface area contributed by atoms with Gasteiger partial charge in [-0.1, -0.05) is 6.07 Å². The van der Waals surface area contributed by atoms with Gasteiger partial charge < -0.3 is 10.0 Å². The molecule has 0 aliphatic carbocycles. The summed E-state index contributed by atoms with van der Waals surface area (Å²) in [4.78, 5) is 3.67. The van der Waals surface area contributed by atoms with Crippen molar-refractivity contribution in [2.24, 2.45) is 0 Å². The molecule has 0 aliphatic heterocycles. The summed E-state index contributed by atoms with van der Waals surface area (Å²) in [7, 11) is 0. The van der Waals surface area contributed by atoms with E-state index in [0.29, 0.717) is 11.0 Å². The van der Waals surface area contributed by atoms with E-state index in [1.807, 2.05) is 0 Å². The van der Waals surface area contributed by atoms with E-state index in [4.69, 9.17) is 5.11 Å². The van der Waals surface area contributed by atoms with Crippen molar-refractivity contribution in [3.05, 3.63) is 23.9 Å². The maximum Gasteiger partial charge on any atom is 0.433 e. The Kier molecular flexibility index (Phi) is 4.61. The van der Waals surface area contributed by atoms with E-state index in [1.54, 1.807) is 0 Å². The first-order valence-corrected chi connectivity index (χ1v) is 5.10. The molecule has 19 heavy (non-hydrogen) atoms. The lowest BCUT2D eigenvalue weighted by Gasteiger charge is -2.24. The molecular weight excluding hydrogens is 278 g/mol. The molecule has 0 aromatic carbocycles. The predicted octanol–water partition coefficient (Wildman–Crippen LogP) is 2.46. The molecule has 0 bridgehead atoms. The minimum Gasteiger partial charge on any atom is -0.395 e. The number of anilines is 1. The minimum atomic E-state index is -4.74. The summed E-state index contributed by atoms with van der Waals surface area (Å²) in [5.74, 6) is -0.485. The summed E-state index contributed by atoms with van der Waals surface area (Å²) < 4.78 is 74.0. The summed E-state index contributed by atoms with van der Waals surface area (Å²) in [6, 6.07) is 2.65. The van der Waals surface area contributed by atoms with E-state index < -0.39 is 43.6 Å². The normalized spacial score (nSPS) is 12.6. The molecule has 0 fully saturated rings. The third-order valence-electron chi connectivity index (χ3n) is 2.09. The van der Waals surface area contributed by atoms with Crippen molar-refractivity contribution in [1.82, 2.24) is 4.98 Å². The molecule has 1 aromatic rings. The zero-order valence-electron chi connectivity index (χ0n) is 9.46. The monoisotopic (exact) mass is 288 g/mol. The molecule has 3 nitrogen and oxygen atoms in total. The van der Waals surface area contributed by atoms with Crippen LogP contribution in [0.4, 0.5) is 32.2 Å². The highest BCUT2D eigenvalue weighted by Gasteiger charge is 2.34. The predicted molar refractivity (Wildman–Crippen MR) is 54.6 cm³/mol. The Hall–Kier alpha value is -1.51. The molecule has 0 amide bonds. The van der Waals surface area contributed by atoms with E-state index in [0.717, 1.165) is 12.1 Å². The second kappa shape index (κ2) is 5.64. The van der Waals surface area contributed by atoms with Crippen molar-refractivity contribution >= 4 is 5.82 Å². The summed E-state index contributed by atoms with van der Waals surface area (Å²) in [5.41, 5.74) is -1.28. The highest BCUT2D eigenvalue weighted by molar-refractivity contribution is 5.40. The first-order valence-electron chi connectivity index (χ1n) is 5.10. The standard InChI is InChI=1S/C10H10F6N2O/c11-9(12,13)6-18(4-5-19)8-3-1-2-7(17-8)10(14,15)16/h1-3,19H,4-6H2. The first-order chi connectivity index (χ1) is 8.63. The number of halogens is 6. The van der Waals surface area contributed by atoms with Gasteiger partial charge in [0.15, 0.2) is 0 Å². The fourth-order valence-electron chi connectivity index (χ4n) is 1.37. The van der Waals surface area contributed by atoms with Crippen LogP contribution in [0, 0.1) is 0 Å². The third kappa shape index (κ3) is 4.93. The maximum atomic E-state index is 12.4. The van der Waals surface area contributed by atoms with E-state index >= 15 is 0 Å². The van der Waals surface area contributed by atoms with Crippen molar-refractivity contribution in [2.45, 2.75) is 12.4 Å². The van der Waals surface area contributed by atoms with E-state index in [9.17, 15) is 26.3 Å². The third-order valence-corrected chi connectivity index (χ3v) is 2.09. The average Bonchev–Trinajstić information content (AvgIpc) is 2.26. The van der Waals surface area contributed by atoms with Gasteiger partial charge in [0.25, 0.3) is 0 Å². The summed E-state index contributed by atoms with van der Waals surface area (Å²) in [6.07, 6.45) is -9.34. The number of alkyl halides is 6. The van der Waals surface area contributed by atoms with E-state index in [-0.39, 0.29) is 0 Å². The van der Waals surface area contributed by atoms with Crippen LogP contribution in [-0.2, 0) is 6.18 Å². The van der Waals surface area contributed by atoms with Gasteiger partial charge in [0.2, 0.25) is 0 Å². The molecule has 0 saturated heterocycles. The maximum absolute atomic E-state index is 12.4. The van der Waals surface area contributed by atoms with Crippen LogP contribution in [0.5, 0.6) is 0 Å². The molecule has 9 heteroatoms. The zero-order chi connectivity index (χ0) is 14.7. The first kappa shape index (κ1) is 15.5. The van der Waals surface area contributed by atoms with E-state index in [2.05, 4.69) is 4.98 Å². The molecule has 0 saturated carbocycles. The lowest BCUT2D eigenvalue weighted by atomic mass is 10.3. The fraction of sp³-hybridized carbons (Fsp3) is 0.500. The zero-order valence-corrected chi connectivity index (χ0v) is 9.46. The highest BCUT2D eigenvalue weighted by atomic mass is 19.4. The van der Waals surface area contributed by atoms with Gasteiger partial charge in [0, 0.05) is 6.54 Å². The average molecular weight is 288 g/mol. The van der Waals surface area contributed by atoms with Crippen LogP contribution in [0.3, 0.4) is 0 Å². The van der Waals surface area contributed by atoms with E-state index in [1.165, 1.54) is 0 Å². The lowest BCUT2D eigenvalue weighted by molar-refractivity contribution is -0.141. The van der Waals surface area contributed by atoms with Crippen molar-refractivity contribution < 1.29 is 31.4 Å². The molecule has 1 N–H and O–H groups in total. The Bertz CT molecular complexity index is 417. The highest BCUT2D eigenvalue weighted by Crippen LogP contribution is 2.29. The van der Waals surface area contributed by atoms with Crippen LogP contribution in [0.25, 0.3) is 0 Å². The van der Waals surface area contributed by atoms with Gasteiger partial charge in [-0.05, 0) is 12.1 Å². The van der Waals surface area contributed by atoms with Gasteiger partial charge in [-0.3, -0.25) is 0 Å². The van der Waals surface area contributed by atoms with Crippen LogP contribution >= 0.6 is 0 Å². The molecule has 1 rings (SSSR count).